The van der Waals surface area contributed by atoms with Gasteiger partial charge in [-0.25, -0.2) is 0 Å². The van der Waals surface area contributed by atoms with Gasteiger partial charge in [-0.2, -0.15) is 0 Å². The fourth-order valence-corrected chi connectivity index (χ4v) is 2.98. The topological polar surface area (TPSA) is 39.2 Å². The average Bonchev–Trinajstić information content (AvgIpc) is 2.93. The largest absolute Gasteiger partial charge is 0.464 e. The van der Waals surface area contributed by atoms with Gasteiger partial charge in [0, 0.05) is 10.3 Å². The van der Waals surface area contributed by atoms with Gasteiger partial charge in [-0.05, 0) is 41.8 Å². The van der Waals surface area contributed by atoms with Crippen LogP contribution >= 0.6 is 11.3 Å². The van der Waals surface area contributed by atoms with Crippen LogP contribution in [0.4, 0.5) is 5.00 Å². The van der Waals surface area contributed by atoms with E-state index < -0.39 is 0 Å². The van der Waals surface area contributed by atoms with Gasteiger partial charge in [-0.15, -0.1) is 11.3 Å². The third-order valence-corrected chi connectivity index (χ3v) is 4.02. The number of benzene rings is 1. The van der Waals surface area contributed by atoms with E-state index in [1.54, 1.807) is 17.6 Å². The maximum absolute atomic E-state index is 5.88. The summed E-state index contributed by atoms with van der Waals surface area (Å²) in [6, 6.07) is 10.3. The fourth-order valence-electron chi connectivity index (χ4n) is 2.09. The van der Waals surface area contributed by atoms with Crippen molar-refractivity contribution in [2.45, 2.75) is 13.3 Å². The van der Waals surface area contributed by atoms with Crippen LogP contribution in [0.15, 0.2) is 41.0 Å². The van der Waals surface area contributed by atoms with Crippen LogP contribution in [0.2, 0.25) is 0 Å². The zero-order valence-corrected chi connectivity index (χ0v) is 10.4. The number of nitrogens with two attached hydrogens (primary N) is 1. The molecule has 0 saturated heterocycles. The number of anilines is 1. The minimum absolute atomic E-state index is 0.879. The van der Waals surface area contributed by atoms with Crippen LogP contribution < -0.4 is 5.73 Å². The van der Waals surface area contributed by atoms with E-state index in [4.69, 9.17) is 10.2 Å². The molecule has 0 saturated carbocycles. The molecule has 0 unspecified atom stereocenters. The van der Waals surface area contributed by atoms with Crippen LogP contribution in [0.25, 0.3) is 22.1 Å². The van der Waals surface area contributed by atoms with E-state index >= 15 is 0 Å². The van der Waals surface area contributed by atoms with Gasteiger partial charge in [-0.1, -0.05) is 13.0 Å². The van der Waals surface area contributed by atoms with Crippen molar-refractivity contribution < 1.29 is 4.42 Å². The molecule has 2 heterocycles. The molecule has 0 fully saturated rings. The Morgan fingerprint density at radius 2 is 2.12 bits per heavy atom. The highest BCUT2D eigenvalue weighted by atomic mass is 32.1. The maximum atomic E-state index is 5.88. The predicted molar refractivity (Wildman–Crippen MR) is 73.3 cm³/mol. The van der Waals surface area contributed by atoms with Crippen molar-refractivity contribution in [1.29, 1.82) is 0 Å². The second kappa shape index (κ2) is 3.93. The van der Waals surface area contributed by atoms with Crippen molar-refractivity contribution in [2.24, 2.45) is 0 Å². The Balaban J connectivity index is 2.18. The standard InChI is InChI=1S/C14H13NOS/c1-2-13-11(8-14(15)17-13)9-3-4-12-10(7-9)5-6-16-12/h3-8H,2,15H2,1H3. The lowest BCUT2D eigenvalue weighted by molar-refractivity contribution is 0.616. The number of furan rings is 1. The van der Waals surface area contributed by atoms with Gasteiger partial charge in [0.1, 0.15) is 5.58 Å². The number of rotatable bonds is 2. The monoisotopic (exact) mass is 243 g/mol. The predicted octanol–water partition coefficient (Wildman–Crippen LogP) is 4.31. The zero-order chi connectivity index (χ0) is 11.8. The van der Waals surface area contributed by atoms with Crippen molar-refractivity contribution in [3.63, 3.8) is 0 Å². The summed E-state index contributed by atoms with van der Waals surface area (Å²) in [6.45, 7) is 2.16. The lowest BCUT2D eigenvalue weighted by Crippen LogP contribution is -1.80. The van der Waals surface area contributed by atoms with E-state index in [-0.39, 0.29) is 0 Å². The molecule has 3 aromatic rings. The highest BCUT2D eigenvalue weighted by molar-refractivity contribution is 7.16. The van der Waals surface area contributed by atoms with E-state index in [2.05, 4.69) is 25.1 Å². The van der Waals surface area contributed by atoms with Crippen LogP contribution in [-0.2, 0) is 6.42 Å². The Morgan fingerprint density at radius 1 is 1.24 bits per heavy atom. The van der Waals surface area contributed by atoms with Gasteiger partial charge in [0.15, 0.2) is 0 Å². The first-order chi connectivity index (χ1) is 8.28. The van der Waals surface area contributed by atoms with Crippen LogP contribution in [-0.4, -0.2) is 0 Å². The van der Waals surface area contributed by atoms with E-state index in [1.165, 1.54) is 16.0 Å². The summed E-state index contributed by atoms with van der Waals surface area (Å²) < 4.78 is 5.35. The smallest absolute Gasteiger partial charge is 0.133 e. The van der Waals surface area contributed by atoms with Gasteiger partial charge >= 0.3 is 0 Å². The molecule has 0 spiro atoms. The first-order valence-corrected chi connectivity index (χ1v) is 6.45. The summed E-state index contributed by atoms with van der Waals surface area (Å²) in [5, 5.41) is 2.01. The molecule has 0 radical (unpaired) electrons. The molecule has 0 aliphatic heterocycles. The van der Waals surface area contributed by atoms with Gasteiger partial charge < -0.3 is 10.2 Å². The molecule has 17 heavy (non-hydrogen) atoms. The molecule has 2 aromatic heterocycles. The highest BCUT2D eigenvalue weighted by Gasteiger charge is 2.09. The molecular formula is C14H13NOS. The van der Waals surface area contributed by atoms with Crippen molar-refractivity contribution in [1.82, 2.24) is 0 Å². The van der Waals surface area contributed by atoms with E-state index in [0.717, 1.165) is 22.4 Å². The highest BCUT2D eigenvalue weighted by Crippen LogP contribution is 2.35. The molecule has 0 amide bonds. The summed E-state index contributed by atoms with van der Waals surface area (Å²) in [6.07, 6.45) is 2.73. The van der Waals surface area contributed by atoms with Crippen molar-refractivity contribution in [3.8, 4) is 11.1 Å². The summed E-state index contributed by atoms with van der Waals surface area (Å²) in [5.74, 6) is 0. The Morgan fingerprint density at radius 3 is 2.94 bits per heavy atom. The molecule has 0 bridgehead atoms. The van der Waals surface area contributed by atoms with Crippen LogP contribution in [0.3, 0.4) is 0 Å². The molecule has 0 atom stereocenters. The first-order valence-electron chi connectivity index (χ1n) is 5.63. The number of hydrogen-bond acceptors (Lipinski definition) is 3. The Bertz CT molecular complexity index is 666. The van der Waals surface area contributed by atoms with E-state index in [9.17, 15) is 0 Å². The number of nitrogen functional groups attached to an aromatic ring is 1. The molecule has 2 nitrogen and oxygen atoms in total. The van der Waals surface area contributed by atoms with Crippen LogP contribution in [0.1, 0.15) is 11.8 Å². The summed E-state index contributed by atoms with van der Waals surface area (Å²) >= 11 is 1.67. The average molecular weight is 243 g/mol. The molecule has 0 aliphatic rings. The number of aryl methyl sites for hydroxylation is 1. The molecule has 0 aliphatic carbocycles. The number of hydrogen-bond donors (Lipinski definition) is 1. The maximum Gasteiger partial charge on any atom is 0.133 e. The molecule has 2 N–H and O–H groups in total. The summed E-state index contributed by atoms with van der Waals surface area (Å²) in [4.78, 5) is 1.34. The zero-order valence-electron chi connectivity index (χ0n) is 9.57. The van der Waals surface area contributed by atoms with Crippen molar-refractivity contribution in [2.75, 3.05) is 5.73 Å². The summed E-state index contributed by atoms with van der Waals surface area (Å²) in [5.41, 5.74) is 9.27. The first kappa shape index (κ1) is 10.4. The van der Waals surface area contributed by atoms with Crippen molar-refractivity contribution >= 4 is 27.3 Å². The van der Waals surface area contributed by atoms with Crippen LogP contribution in [0.5, 0.6) is 0 Å². The number of fused-ring (bicyclic) bond motifs is 1. The Labute approximate surface area is 104 Å². The van der Waals surface area contributed by atoms with Crippen LogP contribution in [0, 0.1) is 0 Å². The second-order valence-electron chi connectivity index (χ2n) is 4.01. The van der Waals surface area contributed by atoms with Gasteiger partial charge in [0.2, 0.25) is 0 Å². The molecular weight excluding hydrogens is 230 g/mol. The second-order valence-corrected chi connectivity index (χ2v) is 5.18. The fraction of sp³-hybridized carbons (Fsp3) is 0.143. The van der Waals surface area contributed by atoms with Gasteiger partial charge in [0.25, 0.3) is 0 Å². The van der Waals surface area contributed by atoms with E-state index in [0.29, 0.717) is 0 Å². The van der Waals surface area contributed by atoms with E-state index in [1.807, 2.05) is 12.1 Å². The minimum atomic E-state index is 0.879. The van der Waals surface area contributed by atoms with Crippen molar-refractivity contribution in [3.05, 3.63) is 41.5 Å². The third kappa shape index (κ3) is 1.72. The quantitative estimate of drug-likeness (QED) is 0.728. The summed E-state index contributed by atoms with van der Waals surface area (Å²) in [7, 11) is 0. The van der Waals surface area contributed by atoms with Gasteiger partial charge in [-0.3, -0.25) is 0 Å². The SMILES string of the molecule is CCc1sc(N)cc1-c1ccc2occc2c1. The molecule has 3 rings (SSSR count). The molecule has 1 aromatic carbocycles. The molecule has 86 valence electrons. The normalized spacial score (nSPS) is 11.1. The lowest BCUT2D eigenvalue weighted by Gasteiger charge is -2.01. The number of thiophene rings is 1. The molecule has 3 heteroatoms. The lowest BCUT2D eigenvalue weighted by atomic mass is 10.0. The Kier molecular flexibility index (Phi) is 2.41. The Hall–Kier alpha value is -1.74. The minimum Gasteiger partial charge on any atom is -0.464 e. The third-order valence-electron chi connectivity index (χ3n) is 2.91. The van der Waals surface area contributed by atoms with Gasteiger partial charge in [0.05, 0.1) is 11.3 Å².